The van der Waals surface area contributed by atoms with E-state index in [-0.39, 0.29) is 17.8 Å². The van der Waals surface area contributed by atoms with Gasteiger partial charge >= 0.3 is 11.7 Å². The number of aromatic nitrogens is 3. The van der Waals surface area contributed by atoms with Gasteiger partial charge in [-0.05, 0) is 60.7 Å². The van der Waals surface area contributed by atoms with E-state index in [4.69, 9.17) is 4.74 Å². The Hall–Kier alpha value is -4.93. The third kappa shape index (κ3) is 5.19. The minimum absolute atomic E-state index is 0.241. The minimum atomic E-state index is -0.574. The van der Waals surface area contributed by atoms with Gasteiger partial charge in [-0.3, -0.25) is 9.59 Å². The Labute approximate surface area is 198 Å². The molecule has 4 aromatic rings. The van der Waals surface area contributed by atoms with Crippen LogP contribution in [0.25, 0.3) is 5.65 Å². The molecule has 35 heavy (non-hydrogen) atoms. The maximum atomic E-state index is 12.8. The second kappa shape index (κ2) is 9.91. The number of carbonyl (C=O) groups is 3. The number of amides is 2. The fourth-order valence-electron chi connectivity index (χ4n) is 3.28. The topological polar surface area (TPSA) is 133 Å². The highest BCUT2D eigenvalue weighted by molar-refractivity contribution is 6.04. The molecule has 0 radical (unpaired) electrons. The molecule has 178 valence electrons. The van der Waals surface area contributed by atoms with Crippen LogP contribution >= 0.6 is 0 Å². The van der Waals surface area contributed by atoms with E-state index in [0.29, 0.717) is 22.7 Å². The molecule has 2 heterocycles. The molecule has 0 saturated carbocycles. The zero-order valence-corrected chi connectivity index (χ0v) is 18.8. The van der Waals surface area contributed by atoms with Crippen molar-refractivity contribution in [2.75, 3.05) is 24.9 Å². The number of fused-ring (bicyclic) bond motifs is 1. The molecule has 0 aliphatic carbocycles. The lowest BCUT2D eigenvalue weighted by atomic mass is 10.2. The summed E-state index contributed by atoms with van der Waals surface area (Å²) in [4.78, 5) is 49.3. The molecule has 4 rings (SSSR count). The molecule has 11 nitrogen and oxygen atoms in total. The molecule has 0 spiro atoms. The molecule has 0 aliphatic rings. The molecule has 2 N–H and O–H groups in total. The Morgan fingerprint density at radius 2 is 1.49 bits per heavy atom. The molecule has 0 aliphatic heterocycles. The van der Waals surface area contributed by atoms with E-state index in [9.17, 15) is 19.2 Å². The third-order valence-electron chi connectivity index (χ3n) is 5.07. The molecule has 11 heteroatoms. The molecule has 2 aromatic carbocycles. The number of pyridine rings is 1. The van der Waals surface area contributed by atoms with Gasteiger partial charge in [0, 0.05) is 17.6 Å². The first-order chi connectivity index (χ1) is 16.9. The maximum absolute atomic E-state index is 12.8. The number of rotatable bonds is 7. The molecule has 2 aromatic heterocycles. The highest BCUT2D eigenvalue weighted by Gasteiger charge is 2.14. The van der Waals surface area contributed by atoms with Gasteiger partial charge in [0.25, 0.3) is 5.91 Å². The van der Waals surface area contributed by atoms with E-state index in [1.54, 1.807) is 43.5 Å². The van der Waals surface area contributed by atoms with Gasteiger partial charge in [0.1, 0.15) is 12.3 Å². The molecular weight excluding hydrogens is 454 g/mol. The number of anilines is 2. The van der Waals surface area contributed by atoms with Crippen LogP contribution < -0.4 is 21.1 Å². The van der Waals surface area contributed by atoms with Crippen molar-refractivity contribution in [3.63, 3.8) is 0 Å². The van der Waals surface area contributed by atoms with Crippen LogP contribution in [0.3, 0.4) is 0 Å². The molecule has 0 fully saturated rings. The number of hydrogen-bond acceptors (Lipinski definition) is 7. The average Bonchev–Trinajstić information content (AvgIpc) is 3.18. The quantitative estimate of drug-likeness (QED) is 0.392. The van der Waals surface area contributed by atoms with Gasteiger partial charge in [0.2, 0.25) is 5.91 Å². The number of ether oxygens (including phenoxy) is 2. The van der Waals surface area contributed by atoms with Gasteiger partial charge in [0.05, 0.1) is 25.3 Å². The Balaban J connectivity index is 1.46. The summed E-state index contributed by atoms with van der Waals surface area (Å²) in [7, 11) is 2.83. The number of nitrogens with zero attached hydrogens (tertiary/aromatic N) is 3. The first-order valence-electron chi connectivity index (χ1n) is 10.4. The number of carbonyl (C=O) groups excluding carboxylic acids is 3. The largest absolute Gasteiger partial charge is 0.497 e. The van der Waals surface area contributed by atoms with Crippen LogP contribution in [0, 0.1) is 0 Å². The van der Waals surface area contributed by atoms with Crippen LogP contribution in [0.1, 0.15) is 20.7 Å². The Kier molecular flexibility index (Phi) is 6.58. The smallest absolute Gasteiger partial charge is 0.350 e. The van der Waals surface area contributed by atoms with E-state index < -0.39 is 23.5 Å². The van der Waals surface area contributed by atoms with Crippen LogP contribution in [-0.4, -0.2) is 46.2 Å². The Bertz CT molecular complexity index is 1450. The van der Waals surface area contributed by atoms with Crippen molar-refractivity contribution in [2.24, 2.45) is 0 Å². The monoisotopic (exact) mass is 475 g/mol. The van der Waals surface area contributed by atoms with Crippen molar-refractivity contribution in [2.45, 2.75) is 6.54 Å². The summed E-state index contributed by atoms with van der Waals surface area (Å²) in [5, 5.41) is 9.53. The fraction of sp³-hybridized carbons (Fsp3) is 0.125. The lowest BCUT2D eigenvalue weighted by Crippen LogP contribution is -2.28. The van der Waals surface area contributed by atoms with Gasteiger partial charge in [-0.2, -0.15) is 0 Å². The van der Waals surface area contributed by atoms with E-state index in [1.807, 2.05) is 0 Å². The summed E-state index contributed by atoms with van der Waals surface area (Å²) >= 11 is 0. The molecule has 2 amide bonds. The van der Waals surface area contributed by atoms with E-state index in [2.05, 4.69) is 20.5 Å². The molecular formula is C24H21N5O6. The maximum Gasteiger partial charge on any atom is 0.350 e. The number of esters is 1. The predicted molar refractivity (Wildman–Crippen MR) is 127 cm³/mol. The number of nitrogens with one attached hydrogen (secondary N) is 2. The Morgan fingerprint density at radius 1 is 0.857 bits per heavy atom. The predicted octanol–water partition coefficient (Wildman–Crippen LogP) is 2.18. The van der Waals surface area contributed by atoms with Gasteiger partial charge in [-0.15, -0.1) is 5.10 Å². The highest BCUT2D eigenvalue weighted by Crippen LogP contribution is 2.16. The van der Waals surface area contributed by atoms with Gasteiger partial charge in [0.15, 0.2) is 5.65 Å². The van der Waals surface area contributed by atoms with Gasteiger partial charge < -0.3 is 20.1 Å². The van der Waals surface area contributed by atoms with E-state index >= 15 is 0 Å². The second-order valence-electron chi connectivity index (χ2n) is 7.39. The van der Waals surface area contributed by atoms with Crippen molar-refractivity contribution < 1.29 is 23.9 Å². The first kappa shape index (κ1) is 23.2. The SMILES string of the molecule is COC(=O)c1ccc(NC(=O)Cn2nc3ccc(C(=O)Nc4ccc(OC)cc4)cn3c2=O)cc1. The Morgan fingerprint density at radius 3 is 2.14 bits per heavy atom. The summed E-state index contributed by atoms with van der Waals surface area (Å²) < 4.78 is 11.9. The second-order valence-corrected chi connectivity index (χ2v) is 7.39. The van der Waals surface area contributed by atoms with Gasteiger partial charge in [-0.25, -0.2) is 18.7 Å². The highest BCUT2D eigenvalue weighted by atomic mass is 16.5. The number of benzene rings is 2. The van der Waals surface area contributed by atoms with Crippen molar-refractivity contribution in [3.05, 3.63) is 88.5 Å². The standard InChI is InChI=1S/C24H21N5O6/c1-34-19-10-8-18(9-11-19)26-22(31)16-5-12-20-27-29(24(33)28(20)13-16)14-21(30)25-17-6-3-15(4-7-17)23(32)35-2/h3-13H,14H2,1-2H3,(H,25,30)(H,26,31). The summed E-state index contributed by atoms with van der Waals surface area (Å²) in [5.41, 5.74) is 1.30. The zero-order chi connectivity index (χ0) is 24.9. The van der Waals surface area contributed by atoms with Crippen molar-refractivity contribution in [1.82, 2.24) is 14.2 Å². The zero-order valence-electron chi connectivity index (χ0n) is 18.8. The van der Waals surface area contributed by atoms with E-state index in [1.165, 1.54) is 42.0 Å². The van der Waals surface area contributed by atoms with Crippen molar-refractivity contribution in [3.8, 4) is 5.75 Å². The molecule has 0 atom stereocenters. The minimum Gasteiger partial charge on any atom is -0.497 e. The van der Waals surface area contributed by atoms with Gasteiger partial charge in [-0.1, -0.05) is 0 Å². The first-order valence-corrected chi connectivity index (χ1v) is 10.4. The number of hydrogen-bond donors (Lipinski definition) is 2. The van der Waals surface area contributed by atoms with Crippen LogP contribution in [-0.2, 0) is 16.1 Å². The average molecular weight is 475 g/mol. The summed E-state index contributed by atoms with van der Waals surface area (Å²) in [6.07, 6.45) is 1.36. The third-order valence-corrected chi connectivity index (χ3v) is 5.07. The number of methoxy groups -OCH3 is 2. The molecule has 0 unspecified atom stereocenters. The summed E-state index contributed by atoms with van der Waals surface area (Å²) in [6.45, 7) is -0.341. The molecule has 0 saturated heterocycles. The van der Waals surface area contributed by atoms with Crippen molar-refractivity contribution in [1.29, 1.82) is 0 Å². The lowest BCUT2D eigenvalue weighted by molar-refractivity contribution is -0.117. The van der Waals surface area contributed by atoms with Crippen LogP contribution in [0.5, 0.6) is 5.75 Å². The van der Waals surface area contributed by atoms with E-state index in [0.717, 1.165) is 4.68 Å². The summed E-state index contributed by atoms with van der Waals surface area (Å²) in [6, 6.07) is 16.0. The van der Waals surface area contributed by atoms with Crippen LogP contribution in [0.2, 0.25) is 0 Å². The molecule has 0 bridgehead atoms. The van der Waals surface area contributed by atoms with Crippen LogP contribution in [0.4, 0.5) is 11.4 Å². The summed E-state index contributed by atoms with van der Waals surface area (Å²) in [5.74, 6) is -0.731. The lowest BCUT2D eigenvalue weighted by Gasteiger charge is -2.06. The van der Waals surface area contributed by atoms with Crippen molar-refractivity contribution >= 4 is 34.8 Å². The van der Waals surface area contributed by atoms with Crippen LogP contribution in [0.15, 0.2) is 71.7 Å². The fourth-order valence-corrected chi connectivity index (χ4v) is 3.28. The normalized spacial score (nSPS) is 10.6.